The fraction of sp³-hybridized carbons (Fsp3) is 0.421. The van der Waals surface area contributed by atoms with E-state index in [-0.39, 0.29) is 11.8 Å². The lowest BCUT2D eigenvalue weighted by molar-refractivity contribution is -0.117. The van der Waals surface area contributed by atoms with Gasteiger partial charge in [-0.15, -0.1) is 0 Å². The van der Waals surface area contributed by atoms with Gasteiger partial charge in [0, 0.05) is 37.7 Å². The number of likely N-dealkylation sites (tertiary alicyclic amines) is 1. The first-order chi connectivity index (χ1) is 10.6. The van der Waals surface area contributed by atoms with E-state index >= 15 is 0 Å². The molecule has 0 bridgehead atoms. The van der Waals surface area contributed by atoms with Gasteiger partial charge in [0.2, 0.25) is 0 Å². The summed E-state index contributed by atoms with van der Waals surface area (Å²) >= 11 is 0. The van der Waals surface area contributed by atoms with E-state index in [0.29, 0.717) is 0 Å². The Hall–Kier alpha value is -1.71. The van der Waals surface area contributed by atoms with Crippen LogP contribution in [0.1, 0.15) is 25.1 Å². The predicted molar refractivity (Wildman–Crippen MR) is 88.2 cm³/mol. The highest BCUT2D eigenvalue weighted by Crippen LogP contribution is 2.40. The van der Waals surface area contributed by atoms with Crippen molar-refractivity contribution in [2.24, 2.45) is 11.8 Å². The molecule has 1 aromatic heterocycles. The van der Waals surface area contributed by atoms with Crippen LogP contribution in [0.3, 0.4) is 0 Å². The van der Waals surface area contributed by atoms with Gasteiger partial charge in [0.15, 0.2) is 0 Å². The van der Waals surface area contributed by atoms with Crippen LogP contribution in [0.2, 0.25) is 0 Å². The Labute approximate surface area is 132 Å². The summed E-state index contributed by atoms with van der Waals surface area (Å²) in [5.41, 5.74) is 1.29. The Morgan fingerprint density at radius 1 is 1.05 bits per heavy atom. The summed E-state index contributed by atoms with van der Waals surface area (Å²) in [4.78, 5) is 6.85. The highest BCUT2D eigenvalue weighted by molar-refractivity contribution is 5.19. The minimum atomic E-state index is -0.839. The summed E-state index contributed by atoms with van der Waals surface area (Å²) in [6.45, 7) is 6.96. The highest BCUT2D eigenvalue weighted by atomic mass is 16.3. The maximum atomic E-state index is 11.3. The molecule has 0 saturated carbocycles. The zero-order chi connectivity index (χ0) is 15.6. The first-order valence-electron chi connectivity index (χ1n) is 8.01. The van der Waals surface area contributed by atoms with E-state index in [9.17, 15) is 5.11 Å². The summed E-state index contributed by atoms with van der Waals surface area (Å²) < 4.78 is 0. The molecule has 1 N–H and O–H groups in total. The maximum absolute atomic E-state index is 11.3. The number of aliphatic hydroxyl groups is 1. The van der Waals surface area contributed by atoms with E-state index < -0.39 is 5.60 Å². The molecular formula is C19H24N2O. The normalized spacial score (nSPS) is 29.4. The monoisotopic (exact) mass is 296 g/mol. The van der Waals surface area contributed by atoms with Gasteiger partial charge in [0.05, 0.1) is 5.69 Å². The number of rotatable bonds is 3. The zero-order valence-corrected chi connectivity index (χ0v) is 13.3. The topological polar surface area (TPSA) is 36.4 Å². The third-order valence-corrected chi connectivity index (χ3v) is 4.89. The number of aromatic nitrogens is 1. The molecule has 1 saturated heterocycles. The number of pyridine rings is 1. The SMILES string of the molecule is C[C@@H]1CN(Cc2ccccc2)C[C@H](C)[C@]1(O)c1ccccn1. The van der Waals surface area contributed by atoms with Gasteiger partial charge in [-0.1, -0.05) is 50.2 Å². The molecule has 22 heavy (non-hydrogen) atoms. The van der Waals surface area contributed by atoms with Crippen molar-refractivity contribution >= 4 is 0 Å². The molecule has 3 atom stereocenters. The molecule has 0 radical (unpaired) electrons. The molecule has 2 aromatic rings. The molecule has 3 heteroatoms. The second-order valence-corrected chi connectivity index (χ2v) is 6.52. The first-order valence-corrected chi connectivity index (χ1v) is 8.01. The molecule has 0 aliphatic carbocycles. The molecule has 3 rings (SSSR count). The number of hydrogen-bond donors (Lipinski definition) is 1. The molecule has 2 heterocycles. The second-order valence-electron chi connectivity index (χ2n) is 6.52. The quantitative estimate of drug-likeness (QED) is 0.945. The zero-order valence-electron chi connectivity index (χ0n) is 13.3. The van der Waals surface area contributed by atoms with Gasteiger partial charge in [-0.3, -0.25) is 9.88 Å². The summed E-state index contributed by atoms with van der Waals surface area (Å²) in [6, 6.07) is 16.3. The lowest BCUT2D eigenvalue weighted by Gasteiger charge is -2.47. The van der Waals surface area contributed by atoms with Crippen LogP contribution in [-0.4, -0.2) is 28.1 Å². The Bertz CT molecular complexity index is 587. The minimum Gasteiger partial charge on any atom is -0.383 e. The van der Waals surface area contributed by atoms with E-state index in [1.807, 2.05) is 24.3 Å². The van der Waals surface area contributed by atoms with Crippen molar-refractivity contribution in [1.82, 2.24) is 9.88 Å². The molecule has 116 valence electrons. The van der Waals surface area contributed by atoms with Crippen molar-refractivity contribution < 1.29 is 5.11 Å². The molecular weight excluding hydrogens is 272 g/mol. The number of benzene rings is 1. The van der Waals surface area contributed by atoms with E-state index in [4.69, 9.17) is 0 Å². The molecule has 0 unspecified atom stereocenters. The highest BCUT2D eigenvalue weighted by Gasteiger charge is 2.46. The van der Waals surface area contributed by atoms with E-state index in [1.54, 1.807) is 6.20 Å². The Balaban J connectivity index is 1.77. The van der Waals surface area contributed by atoms with Gasteiger partial charge < -0.3 is 5.11 Å². The Morgan fingerprint density at radius 2 is 1.68 bits per heavy atom. The number of hydrogen-bond acceptors (Lipinski definition) is 3. The van der Waals surface area contributed by atoms with Gasteiger partial charge >= 0.3 is 0 Å². The molecule has 1 aliphatic heterocycles. The molecule has 0 amide bonds. The van der Waals surface area contributed by atoms with Crippen LogP contribution in [0.4, 0.5) is 0 Å². The van der Waals surface area contributed by atoms with Crippen molar-refractivity contribution in [3.63, 3.8) is 0 Å². The standard InChI is InChI=1S/C19H24N2O/c1-15-12-21(14-17-8-4-3-5-9-17)13-16(2)19(15,22)18-10-6-7-11-20-18/h3-11,15-16,22H,12-14H2,1-2H3/t15-,16+,19+. The second kappa shape index (κ2) is 6.19. The molecule has 1 aliphatic rings. The van der Waals surface area contributed by atoms with Crippen molar-refractivity contribution in [2.45, 2.75) is 26.0 Å². The van der Waals surface area contributed by atoms with Crippen LogP contribution in [0, 0.1) is 11.8 Å². The smallest absolute Gasteiger partial charge is 0.114 e. The van der Waals surface area contributed by atoms with Crippen LogP contribution >= 0.6 is 0 Å². The molecule has 1 fully saturated rings. The summed E-state index contributed by atoms with van der Waals surface area (Å²) in [6.07, 6.45) is 1.77. The fourth-order valence-corrected chi connectivity index (χ4v) is 3.69. The summed E-state index contributed by atoms with van der Waals surface area (Å²) in [5, 5.41) is 11.3. The predicted octanol–water partition coefficient (Wildman–Crippen LogP) is 3.06. The van der Waals surface area contributed by atoms with Crippen molar-refractivity contribution in [3.8, 4) is 0 Å². The van der Waals surface area contributed by atoms with Crippen LogP contribution in [-0.2, 0) is 12.1 Å². The van der Waals surface area contributed by atoms with E-state index in [1.165, 1.54) is 5.56 Å². The average Bonchev–Trinajstić information content (AvgIpc) is 2.54. The van der Waals surface area contributed by atoms with Crippen molar-refractivity contribution in [3.05, 3.63) is 66.0 Å². The average molecular weight is 296 g/mol. The van der Waals surface area contributed by atoms with Gasteiger partial charge in [-0.25, -0.2) is 0 Å². The summed E-state index contributed by atoms with van der Waals surface area (Å²) in [5.74, 6) is 0.296. The lowest BCUT2D eigenvalue weighted by atomic mass is 9.72. The third kappa shape index (κ3) is 2.79. The van der Waals surface area contributed by atoms with Crippen LogP contribution in [0.5, 0.6) is 0 Å². The third-order valence-electron chi connectivity index (χ3n) is 4.89. The van der Waals surface area contributed by atoms with Crippen LogP contribution in [0.15, 0.2) is 54.7 Å². The first kappa shape index (κ1) is 15.2. The minimum absolute atomic E-state index is 0.148. The number of piperidine rings is 1. The Morgan fingerprint density at radius 3 is 2.27 bits per heavy atom. The van der Waals surface area contributed by atoms with E-state index in [2.05, 4.69) is 48.0 Å². The van der Waals surface area contributed by atoms with Gasteiger partial charge in [-0.05, 0) is 17.7 Å². The van der Waals surface area contributed by atoms with Crippen LogP contribution in [0.25, 0.3) is 0 Å². The fourth-order valence-electron chi connectivity index (χ4n) is 3.69. The molecule has 3 nitrogen and oxygen atoms in total. The molecule has 0 spiro atoms. The number of nitrogens with zero attached hydrogens (tertiary/aromatic N) is 2. The van der Waals surface area contributed by atoms with Gasteiger partial charge in [-0.2, -0.15) is 0 Å². The van der Waals surface area contributed by atoms with Crippen molar-refractivity contribution in [1.29, 1.82) is 0 Å². The Kier molecular flexibility index (Phi) is 4.27. The largest absolute Gasteiger partial charge is 0.383 e. The molecule has 1 aromatic carbocycles. The van der Waals surface area contributed by atoms with Crippen molar-refractivity contribution in [2.75, 3.05) is 13.1 Å². The van der Waals surface area contributed by atoms with Gasteiger partial charge in [0.1, 0.15) is 5.60 Å². The van der Waals surface area contributed by atoms with E-state index in [0.717, 1.165) is 25.3 Å². The summed E-state index contributed by atoms with van der Waals surface area (Å²) in [7, 11) is 0. The lowest BCUT2D eigenvalue weighted by Crippen LogP contribution is -2.54. The van der Waals surface area contributed by atoms with Gasteiger partial charge in [0.25, 0.3) is 0 Å². The maximum Gasteiger partial charge on any atom is 0.114 e. The van der Waals surface area contributed by atoms with Crippen LogP contribution < -0.4 is 0 Å².